The molecule has 0 aliphatic carbocycles. The van der Waals surface area contributed by atoms with Crippen molar-refractivity contribution >= 4 is 5.91 Å². The molecule has 0 unspecified atom stereocenters. The van der Waals surface area contributed by atoms with Gasteiger partial charge in [-0.15, -0.1) is 0 Å². The van der Waals surface area contributed by atoms with Crippen LogP contribution in [0.25, 0.3) is 5.95 Å². The lowest BCUT2D eigenvalue weighted by Crippen LogP contribution is -2.33. The molecule has 25 heavy (non-hydrogen) atoms. The van der Waals surface area contributed by atoms with Crippen molar-refractivity contribution in [2.45, 2.75) is 47.5 Å². The van der Waals surface area contributed by atoms with Crippen molar-refractivity contribution < 1.29 is 4.79 Å². The zero-order valence-corrected chi connectivity index (χ0v) is 15.8. The Bertz CT molecular complexity index is 717. The van der Waals surface area contributed by atoms with Gasteiger partial charge in [-0.1, -0.05) is 6.92 Å². The molecule has 0 atom stereocenters. The van der Waals surface area contributed by atoms with Gasteiger partial charge in [-0.05, 0) is 46.7 Å². The molecule has 0 spiro atoms. The smallest absolute Gasteiger partial charge is 0.251 e. The lowest BCUT2D eigenvalue weighted by atomic mass is 10.1. The summed E-state index contributed by atoms with van der Waals surface area (Å²) in [7, 11) is 0. The Kier molecular flexibility index (Phi) is 6.64. The second-order valence-corrected chi connectivity index (χ2v) is 6.29. The number of carbonyl (C=O) groups excluding carboxylic acids is 1. The highest BCUT2D eigenvalue weighted by atomic mass is 16.1. The van der Waals surface area contributed by atoms with Crippen LogP contribution in [0.2, 0.25) is 0 Å². The number of rotatable bonds is 8. The van der Waals surface area contributed by atoms with Crippen molar-refractivity contribution in [3.05, 3.63) is 34.4 Å². The molecule has 0 bridgehead atoms. The molecule has 0 radical (unpaired) electrons. The zero-order valence-electron chi connectivity index (χ0n) is 15.8. The quantitative estimate of drug-likeness (QED) is 0.710. The van der Waals surface area contributed by atoms with E-state index in [9.17, 15) is 4.79 Å². The van der Waals surface area contributed by atoms with E-state index in [1.54, 1.807) is 4.68 Å². The zero-order chi connectivity index (χ0) is 18.4. The summed E-state index contributed by atoms with van der Waals surface area (Å²) < 4.78 is 1.72. The summed E-state index contributed by atoms with van der Waals surface area (Å²) in [4.78, 5) is 21.1. The first-order valence-corrected chi connectivity index (χ1v) is 8.77. The van der Waals surface area contributed by atoms with Gasteiger partial charge >= 0.3 is 0 Å². The van der Waals surface area contributed by atoms with E-state index in [0.717, 1.165) is 47.8 Å². The number of carbonyl (C=O) groups is 1. The maximum absolute atomic E-state index is 12.2. The molecular formula is C18H28N6O. The van der Waals surface area contributed by atoms with Crippen molar-refractivity contribution in [1.29, 1.82) is 0 Å². The molecular weight excluding hydrogens is 316 g/mol. The van der Waals surface area contributed by atoms with E-state index >= 15 is 0 Å². The molecule has 136 valence electrons. The summed E-state index contributed by atoms with van der Waals surface area (Å²) >= 11 is 0. The minimum absolute atomic E-state index is 0.00499. The molecule has 0 aliphatic rings. The summed E-state index contributed by atoms with van der Waals surface area (Å²) in [5.41, 5.74) is 4.46. The van der Waals surface area contributed by atoms with Gasteiger partial charge in [0.05, 0.1) is 12.1 Å². The van der Waals surface area contributed by atoms with E-state index in [0.29, 0.717) is 18.9 Å². The van der Waals surface area contributed by atoms with Gasteiger partial charge in [-0.25, -0.2) is 14.6 Å². The Hall–Kier alpha value is -2.28. The van der Waals surface area contributed by atoms with Crippen LogP contribution in [0.15, 0.2) is 6.07 Å². The maximum atomic E-state index is 12.2. The van der Waals surface area contributed by atoms with Gasteiger partial charge in [0.1, 0.15) is 0 Å². The number of amides is 1. The fourth-order valence-corrected chi connectivity index (χ4v) is 2.74. The van der Waals surface area contributed by atoms with Crippen molar-refractivity contribution in [1.82, 2.24) is 30.4 Å². The van der Waals surface area contributed by atoms with Crippen LogP contribution < -0.4 is 10.6 Å². The molecule has 0 fully saturated rings. The first-order valence-electron chi connectivity index (χ1n) is 8.77. The predicted molar refractivity (Wildman–Crippen MR) is 98.0 cm³/mol. The molecule has 0 aromatic carbocycles. The highest BCUT2D eigenvalue weighted by Crippen LogP contribution is 2.17. The summed E-state index contributed by atoms with van der Waals surface area (Å²) in [6.45, 7) is 12.2. The highest BCUT2D eigenvalue weighted by Gasteiger charge is 2.17. The monoisotopic (exact) mass is 344 g/mol. The minimum Gasteiger partial charge on any atom is -0.355 e. The standard InChI is InChI=1S/C18H28N6O/c1-6-7-19-8-9-20-17(25)11-16-14(4)23-24(15(16)5)18-21-12(2)10-13(3)22-18/h10,19H,6-9,11H2,1-5H3,(H,20,25). The van der Waals surface area contributed by atoms with E-state index in [-0.39, 0.29) is 5.91 Å². The van der Waals surface area contributed by atoms with E-state index in [1.807, 2.05) is 33.8 Å². The van der Waals surface area contributed by atoms with Crippen molar-refractivity contribution in [3.8, 4) is 5.95 Å². The van der Waals surface area contributed by atoms with Crippen LogP contribution in [-0.2, 0) is 11.2 Å². The Balaban J connectivity index is 2.07. The van der Waals surface area contributed by atoms with Gasteiger partial charge in [0.25, 0.3) is 5.95 Å². The van der Waals surface area contributed by atoms with Crippen LogP contribution in [0.1, 0.15) is 41.7 Å². The number of aromatic nitrogens is 4. The average molecular weight is 344 g/mol. The van der Waals surface area contributed by atoms with E-state index in [1.165, 1.54) is 0 Å². The van der Waals surface area contributed by atoms with Crippen LogP contribution in [0.4, 0.5) is 0 Å². The van der Waals surface area contributed by atoms with Gasteiger partial charge in [0.2, 0.25) is 5.91 Å². The number of hydrogen-bond donors (Lipinski definition) is 2. The molecule has 0 saturated carbocycles. The molecule has 0 saturated heterocycles. The Morgan fingerprint density at radius 3 is 2.40 bits per heavy atom. The normalized spacial score (nSPS) is 10.9. The van der Waals surface area contributed by atoms with E-state index in [4.69, 9.17) is 0 Å². The van der Waals surface area contributed by atoms with Crippen LogP contribution in [0.5, 0.6) is 0 Å². The van der Waals surface area contributed by atoms with E-state index in [2.05, 4.69) is 32.6 Å². The van der Waals surface area contributed by atoms with Gasteiger partial charge in [-0.3, -0.25) is 4.79 Å². The minimum atomic E-state index is 0.00499. The van der Waals surface area contributed by atoms with Crippen LogP contribution in [0.3, 0.4) is 0 Å². The molecule has 2 rings (SSSR count). The van der Waals surface area contributed by atoms with Crippen LogP contribution >= 0.6 is 0 Å². The third-order valence-corrected chi connectivity index (χ3v) is 3.99. The summed E-state index contributed by atoms with van der Waals surface area (Å²) in [6.07, 6.45) is 1.41. The second kappa shape index (κ2) is 8.71. The molecule has 2 aromatic heterocycles. The Morgan fingerprint density at radius 2 is 1.76 bits per heavy atom. The van der Waals surface area contributed by atoms with Gasteiger partial charge < -0.3 is 10.6 Å². The van der Waals surface area contributed by atoms with Crippen LogP contribution in [-0.4, -0.2) is 45.3 Å². The first-order chi connectivity index (χ1) is 11.9. The highest BCUT2D eigenvalue weighted by molar-refractivity contribution is 5.79. The van der Waals surface area contributed by atoms with Crippen molar-refractivity contribution in [3.63, 3.8) is 0 Å². The lowest BCUT2D eigenvalue weighted by molar-refractivity contribution is -0.120. The molecule has 2 heterocycles. The number of aryl methyl sites for hydroxylation is 3. The molecule has 7 heteroatoms. The predicted octanol–water partition coefficient (Wildman–Crippen LogP) is 1.55. The topological polar surface area (TPSA) is 84.7 Å². The fraction of sp³-hybridized carbons (Fsp3) is 0.556. The maximum Gasteiger partial charge on any atom is 0.251 e. The lowest BCUT2D eigenvalue weighted by Gasteiger charge is -2.07. The van der Waals surface area contributed by atoms with Crippen molar-refractivity contribution in [2.24, 2.45) is 0 Å². The molecule has 7 nitrogen and oxygen atoms in total. The number of nitrogens with one attached hydrogen (secondary N) is 2. The third kappa shape index (κ3) is 5.09. The third-order valence-electron chi connectivity index (χ3n) is 3.99. The van der Waals surface area contributed by atoms with Gasteiger partial charge in [0.15, 0.2) is 0 Å². The molecule has 2 N–H and O–H groups in total. The second-order valence-electron chi connectivity index (χ2n) is 6.29. The summed E-state index contributed by atoms with van der Waals surface area (Å²) in [5.74, 6) is 0.555. The van der Waals surface area contributed by atoms with Gasteiger partial charge in [0, 0.05) is 35.7 Å². The van der Waals surface area contributed by atoms with Crippen LogP contribution in [0, 0.1) is 27.7 Å². The number of nitrogens with zero attached hydrogens (tertiary/aromatic N) is 4. The molecule has 1 amide bonds. The summed E-state index contributed by atoms with van der Waals surface area (Å²) in [6, 6.07) is 1.93. The number of hydrogen-bond acceptors (Lipinski definition) is 5. The van der Waals surface area contributed by atoms with Crippen molar-refractivity contribution in [2.75, 3.05) is 19.6 Å². The fourth-order valence-electron chi connectivity index (χ4n) is 2.74. The largest absolute Gasteiger partial charge is 0.355 e. The Labute approximate surface area is 149 Å². The SMILES string of the molecule is CCCNCCNC(=O)Cc1c(C)nn(-c2nc(C)cc(C)n2)c1C. The Morgan fingerprint density at radius 1 is 1.08 bits per heavy atom. The first kappa shape index (κ1) is 19.1. The summed E-state index contributed by atoms with van der Waals surface area (Å²) in [5, 5.41) is 10.7. The molecule has 2 aromatic rings. The average Bonchev–Trinajstić information content (AvgIpc) is 2.82. The molecule has 0 aliphatic heterocycles. The van der Waals surface area contributed by atoms with E-state index < -0.39 is 0 Å². The van der Waals surface area contributed by atoms with Gasteiger partial charge in [-0.2, -0.15) is 5.10 Å².